The molecule has 0 spiro atoms. The fraction of sp³-hybridized carbons (Fsp3) is 0.652. The third kappa shape index (κ3) is 3.95. The molecule has 4 aliphatic carbocycles. The van der Waals surface area contributed by atoms with Gasteiger partial charge in [-0.05, 0) is 88.3 Å². The molecule has 0 unspecified atom stereocenters. The fourth-order valence-corrected chi connectivity index (χ4v) is 6.15. The van der Waals surface area contributed by atoms with E-state index in [2.05, 4.69) is 29.7 Å². The number of amides is 3. The van der Waals surface area contributed by atoms with E-state index in [-0.39, 0.29) is 23.5 Å². The van der Waals surface area contributed by atoms with Crippen molar-refractivity contribution < 1.29 is 9.59 Å². The van der Waals surface area contributed by atoms with Crippen molar-refractivity contribution in [1.29, 1.82) is 0 Å². The summed E-state index contributed by atoms with van der Waals surface area (Å²) in [6, 6.07) is 7.50. The number of carbonyl (C=O) groups is 2. The number of benzene rings is 1. The van der Waals surface area contributed by atoms with E-state index >= 15 is 0 Å². The van der Waals surface area contributed by atoms with Crippen molar-refractivity contribution in [2.24, 2.45) is 17.8 Å². The summed E-state index contributed by atoms with van der Waals surface area (Å²) in [6.45, 7) is 4.61. The standard InChI is InChI=1S/C23H33N3O2/c1-15-6-4-5-7-20(15)14-26(3)16(2)21(27)24-22(28)25-23-11-17-8-18(12-23)10-19(9-17)13-23/h4-7,16-19H,8-14H2,1-3H3,(H2,24,25,27,28)/t16-,17?,18?,19?,23?/m1/s1. The van der Waals surface area contributed by atoms with Crippen LogP contribution in [0.25, 0.3) is 0 Å². The molecule has 3 amide bonds. The molecular weight excluding hydrogens is 350 g/mol. The minimum absolute atomic E-state index is 0.0740. The molecule has 4 aliphatic rings. The van der Waals surface area contributed by atoms with Crippen molar-refractivity contribution in [1.82, 2.24) is 15.5 Å². The summed E-state index contributed by atoms with van der Waals surface area (Å²) in [4.78, 5) is 27.2. The van der Waals surface area contributed by atoms with Crippen LogP contribution in [0.1, 0.15) is 56.6 Å². The average Bonchev–Trinajstić information content (AvgIpc) is 2.61. The number of urea groups is 1. The maximum absolute atomic E-state index is 12.6. The molecule has 4 saturated carbocycles. The van der Waals surface area contributed by atoms with E-state index < -0.39 is 0 Å². The van der Waals surface area contributed by atoms with Gasteiger partial charge in [-0.1, -0.05) is 24.3 Å². The second-order valence-electron chi connectivity index (χ2n) is 9.66. The predicted molar refractivity (Wildman–Crippen MR) is 110 cm³/mol. The molecule has 0 aliphatic heterocycles. The van der Waals surface area contributed by atoms with E-state index in [1.54, 1.807) is 0 Å². The Morgan fingerprint density at radius 3 is 2.25 bits per heavy atom. The summed E-state index contributed by atoms with van der Waals surface area (Å²) >= 11 is 0. The second-order valence-corrected chi connectivity index (χ2v) is 9.66. The zero-order valence-corrected chi connectivity index (χ0v) is 17.3. The van der Waals surface area contributed by atoms with Crippen molar-refractivity contribution in [3.8, 4) is 0 Å². The Balaban J connectivity index is 1.31. The highest BCUT2D eigenvalue weighted by Crippen LogP contribution is 2.55. The van der Waals surface area contributed by atoms with E-state index in [1.807, 2.05) is 31.0 Å². The second kappa shape index (κ2) is 7.51. The largest absolute Gasteiger partial charge is 0.332 e. The Hall–Kier alpha value is -1.88. The van der Waals surface area contributed by atoms with E-state index in [0.29, 0.717) is 6.54 Å². The topological polar surface area (TPSA) is 61.4 Å². The van der Waals surface area contributed by atoms with Crippen molar-refractivity contribution in [3.05, 3.63) is 35.4 Å². The van der Waals surface area contributed by atoms with Gasteiger partial charge < -0.3 is 5.32 Å². The molecular formula is C23H33N3O2. The number of carbonyl (C=O) groups excluding carboxylic acids is 2. The van der Waals surface area contributed by atoms with Crippen LogP contribution in [0.3, 0.4) is 0 Å². The van der Waals surface area contributed by atoms with E-state index in [9.17, 15) is 9.59 Å². The molecule has 0 aromatic heterocycles. The first kappa shape index (κ1) is 19.4. The van der Waals surface area contributed by atoms with Crippen LogP contribution in [0.4, 0.5) is 4.79 Å². The minimum atomic E-state index is -0.373. The van der Waals surface area contributed by atoms with Gasteiger partial charge in [-0.15, -0.1) is 0 Å². The van der Waals surface area contributed by atoms with Gasteiger partial charge in [0.1, 0.15) is 0 Å². The van der Waals surface area contributed by atoms with Crippen molar-refractivity contribution in [3.63, 3.8) is 0 Å². The van der Waals surface area contributed by atoms with E-state index in [4.69, 9.17) is 0 Å². The number of nitrogens with zero attached hydrogens (tertiary/aromatic N) is 1. The summed E-state index contributed by atoms with van der Waals surface area (Å²) in [5.74, 6) is 2.06. The number of hydrogen-bond donors (Lipinski definition) is 2. The summed E-state index contributed by atoms with van der Waals surface area (Å²) in [5, 5.41) is 5.82. The molecule has 4 fully saturated rings. The Kier molecular flexibility index (Phi) is 5.21. The summed E-state index contributed by atoms with van der Waals surface area (Å²) in [7, 11) is 1.92. The normalized spacial score (nSPS) is 31.6. The Morgan fingerprint density at radius 1 is 1.11 bits per heavy atom. The van der Waals surface area contributed by atoms with Crippen LogP contribution >= 0.6 is 0 Å². The molecule has 28 heavy (non-hydrogen) atoms. The highest BCUT2D eigenvalue weighted by Gasteiger charge is 2.51. The number of imide groups is 1. The van der Waals surface area contributed by atoms with E-state index in [1.165, 1.54) is 30.4 Å². The number of nitrogens with one attached hydrogen (secondary N) is 2. The van der Waals surface area contributed by atoms with Crippen LogP contribution in [0.15, 0.2) is 24.3 Å². The van der Waals surface area contributed by atoms with Gasteiger partial charge in [0.2, 0.25) is 5.91 Å². The maximum atomic E-state index is 12.6. The Morgan fingerprint density at radius 2 is 1.68 bits per heavy atom. The maximum Gasteiger partial charge on any atom is 0.321 e. The monoisotopic (exact) mass is 383 g/mol. The summed E-state index contributed by atoms with van der Waals surface area (Å²) < 4.78 is 0. The lowest BCUT2D eigenvalue weighted by Gasteiger charge is -2.56. The molecule has 0 radical (unpaired) electrons. The van der Waals surface area contributed by atoms with Gasteiger partial charge >= 0.3 is 6.03 Å². The Labute approximate surface area is 168 Å². The van der Waals surface area contributed by atoms with Crippen LogP contribution in [0, 0.1) is 24.7 Å². The first-order chi connectivity index (χ1) is 13.3. The number of hydrogen-bond acceptors (Lipinski definition) is 3. The van der Waals surface area contributed by atoms with Gasteiger partial charge in [0.25, 0.3) is 0 Å². The van der Waals surface area contributed by atoms with Gasteiger partial charge in [-0.3, -0.25) is 15.0 Å². The molecule has 0 saturated heterocycles. The SMILES string of the molecule is Cc1ccccc1CN(C)[C@H](C)C(=O)NC(=O)NC12CC3CC(CC(C3)C1)C2. The molecule has 5 rings (SSSR count). The van der Waals surface area contributed by atoms with Gasteiger partial charge in [-0.2, -0.15) is 0 Å². The molecule has 0 heterocycles. The highest BCUT2D eigenvalue weighted by molar-refractivity contribution is 5.97. The molecule has 5 heteroatoms. The lowest BCUT2D eigenvalue weighted by Crippen LogP contribution is -2.62. The molecule has 2 N–H and O–H groups in total. The van der Waals surface area contributed by atoms with Gasteiger partial charge in [0.05, 0.1) is 6.04 Å². The van der Waals surface area contributed by atoms with Crippen LogP contribution < -0.4 is 10.6 Å². The first-order valence-electron chi connectivity index (χ1n) is 10.7. The van der Waals surface area contributed by atoms with Crippen molar-refractivity contribution >= 4 is 11.9 Å². The van der Waals surface area contributed by atoms with Gasteiger partial charge in [-0.25, -0.2) is 4.79 Å². The molecule has 152 valence electrons. The first-order valence-corrected chi connectivity index (χ1v) is 10.7. The average molecular weight is 384 g/mol. The number of aryl methyl sites for hydroxylation is 1. The number of likely N-dealkylation sites (N-methyl/N-ethyl adjacent to an activating group) is 1. The highest BCUT2D eigenvalue weighted by atomic mass is 16.2. The van der Waals surface area contributed by atoms with Gasteiger partial charge in [0.15, 0.2) is 0 Å². The van der Waals surface area contributed by atoms with E-state index in [0.717, 1.165) is 37.0 Å². The van der Waals surface area contributed by atoms with Crippen LogP contribution in [0.2, 0.25) is 0 Å². The van der Waals surface area contributed by atoms with Crippen LogP contribution in [-0.2, 0) is 11.3 Å². The third-order valence-electron chi connectivity index (χ3n) is 7.38. The van der Waals surface area contributed by atoms with Gasteiger partial charge in [0, 0.05) is 12.1 Å². The fourth-order valence-electron chi connectivity index (χ4n) is 6.15. The van der Waals surface area contributed by atoms with Crippen LogP contribution in [-0.4, -0.2) is 35.5 Å². The predicted octanol–water partition coefficient (Wildman–Crippen LogP) is 3.61. The number of rotatable bonds is 5. The third-order valence-corrected chi connectivity index (χ3v) is 7.38. The van der Waals surface area contributed by atoms with Crippen LogP contribution in [0.5, 0.6) is 0 Å². The molecule has 5 nitrogen and oxygen atoms in total. The Bertz CT molecular complexity index is 725. The zero-order chi connectivity index (χ0) is 19.9. The molecule has 1 aromatic rings. The van der Waals surface area contributed by atoms with Crippen molar-refractivity contribution in [2.75, 3.05) is 7.05 Å². The molecule has 4 bridgehead atoms. The smallest absolute Gasteiger partial charge is 0.321 e. The quantitative estimate of drug-likeness (QED) is 0.816. The zero-order valence-electron chi connectivity index (χ0n) is 17.3. The minimum Gasteiger partial charge on any atom is -0.332 e. The molecule has 1 atom stereocenters. The summed E-state index contributed by atoms with van der Waals surface area (Å²) in [5.41, 5.74) is 2.33. The molecule has 1 aromatic carbocycles. The summed E-state index contributed by atoms with van der Waals surface area (Å²) in [6.07, 6.45) is 7.27. The lowest BCUT2D eigenvalue weighted by atomic mass is 9.53. The van der Waals surface area contributed by atoms with Crippen molar-refractivity contribution in [2.45, 2.75) is 70.5 Å². The lowest BCUT2D eigenvalue weighted by molar-refractivity contribution is -0.124.